The number of rotatable bonds is 4. The van der Waals surface area contributed by atoms with E-state index >= 15 is 0 Å². The lowest BCUT2D eigenvalue weighted by atomic mass is 10.1. The second-order valence-electron chi connectivity index (χ2n) is 3.68. The number of aliphatic hydroxyl groups excluding tert-OH is 2. The van der Waals surface area contributed by atoms with Gasteiger partial charge in [0.1, 0.15) is 16.9 Å². The van der Waals surface area contributed by atoms with Gasteiger partial charge in [-0.2, -0.15) is 4.98 Å². The third-order valence-electron chi connectivity index (χ3n) is 2.51. The first-order chi connectivity index (χ1) is 9.04. The smallest absolute Gasteiger partial charge is 0.225 e. The van der Waals surface area contributed by atoms with Crippen molar-refractivity contribution in [1.82, 2.24) is 15.0 Å². The molecule has 2 unspecified atom stereocenters. The first kappa shape index (κ1) is 13.9. The summed E-state index contributed by atoms with van der Waals surface area (Å²) in [6, 6.07) is 0. The molecule has 0 aliphatic carbocycles. The summed E-state index contributed by atoms with van der Waals surface area (Å²) in [6.07, 6.45) is -1.12. The van der Waals surface area contributed by atoms with Crippen LogP contribution in [0, 0.1) is 0 Å². The Morgan fingerprint density at radius 2 is 2.16 bits per heavy atom. The predicted molar refractivity (Wildman–Crippen MR) is 68.9 cm³/mol. The van der Waals surface area contributed by atoms with Crippen LogP contribution in [0.5, 0.6) is 0 Å². The van der Waals surface area contributed by atoms with Crippen molar-refractivity contribution in [2.45, 2.75) is 12.2 Å². The Labute approximate surface area is 116 Å². The van der Waals surface area contributed by atoms with Crippen LogP contribution in [0.15, 0.2) is 11.3 Å². The lowest BCUT2D eigenvalue weighted by Gasteiger charge is -2.15. The molecule has 0 saturated carbocycles. The van der Waals surface area contributed by atoms with Crippen LogP contribution in [0.25, 0.3) is 21.5 Å². The maximum absolute atomic E-state index is 10.00. The Morgan fingerprint density at radius 1 is 1.42 bits per heavy atom. The molecule has 0 amide bonds. The molecule has 0 fully saturated rings. The van der Waals surface area contributed by atoms with Gasteiger partial charge in [-0.05, 0) is 17.1 Å². The van der Waals surface area contributed by atoms with E-state index in [1.165, 1.54) is 6.20 Å². The lowest BCUT2D eigenvalue weighted by molar-refractivity contribution is 0.0253. The normalized spacial score (nSPS) is 14.1. The molecule has 0 aliphatic heterocycles. The van der Waals surface area contributed by atoms with E-state index in [4.69, 9.17) is 28.7 Å². The monoisotopic (exact) mass is 302 g/mol. The standard InChI is InChI=1S/C9H8Cl2N6O2/c10-7-5-3(6(19)4(18)2-14-17-12)1-13-8(5)16-9(11)15-7/h1,4,6,18-19H,2H2,(H,13,15,16). The second-order valence-corrected chi connectivity index (χ2v) is 4.37. The Balaban J connectivity index is 2.42. The first-order valence-corrected chi connectivity index (χ1v) is 5.87. The summed E-state index contributed by atoms with van der Waals surface area (Å²) in [6.45, 7) is -0.267. The zero-order valence-electron chi connectivity index (χ0n) is 9.33. The van der Waals surface area contributed by atoms with Crippen molar-refractivity contribution in [3.63, 3.8) is 0 Å². The van der Waals surface area contributed by atoms with E-state index < -0.39 is 12.2 Å². The molecule has 100 valence electrons. The average molecular weight is 303 g/mol. The molecule has 0 radical (unpaired) electrons. The molecule has 8 nitrogen and oxygen atoms in total. The summed E-state index contributed by atoms with van der Waals surface area (Å²) < 4.78 is 0. The third kappa shape index (κ3) is 2.73. The number of azide groups is 1. The number of halogens is 2. The van der Waals surface area contributed by atoms with Crippen molar-refractivity contribution >= 4 is 34.2 Å². The van der Waals surface area contributed by atoms with E-state index in [0.717, 1.165) is 0 Å². The molecule has 2 rings (SSSR count). The quantitative estimate of drug-likeness (QED) is 0.262. The van der Waals surface area contributed by atoms with Crippen LogP contribution in [0.4, 0.5) is 0 Å². The van der Waals surface area contributed by atoms with Crippen molar-refractivity contribution in [3.05, 3.63) is 32.6 Å². The summed E-state index contributed by atoms with van der Waals surface area (Å²) in [4.78, 5) is 12.9. The number of nitrogens with zero attached hydrogens (tertiary/aromatic N) is 5. The molecule has 0 aromatic carbocycles. The van der Waals surface area contributed by atoms with Gasteiger partial charge in [-0.25, -0.2) is 4.98 Å². The number of hydrogen-bond donors (Lipinski definition) is 3. The Kier molecular flexibility index (Phi) is 4.08. The van der Waals surface area contributed by atoms with Gasteiger partial charge in [0.05, 0.1) is 18.0 Å². The van der Waals surface area contributed by atoms with Crippen LogP contribution in [0.1, 0.15) is 11.7 Å². The van der Waals surface area contributed by atoms with Gasteiger partial charge >= 0.3 is 0 Å². The van der Waals surface area contributed by atoms with Gasteiger partial charge in [0, 0.05) is 16.7 Å². The highest BCUT2D eigenvalue weighted by Gasteiger charge is 2.23. The zero-order chi connectivity index (χ0) is 14.0. The summed E-state index contributed by atoms with van der Waals surface area (Å²) >= 11 is 11.6. The molecule has 2 aromatic heterocycles. The van der Waals surface area contributed by atoms with Crippen LogP contribution < -0.4 is 0 Å². The predicted octanol–water partition coefficient (Wildman–Crippen LogP) is 1.97. The van der Waals surface area contributed by atoms with Crippen molar-refractivity contribution in [1.29, 1.82) is 0 Å². The van der Waals surface area contributed by atoms with E-state index in [0.29, 0.717) is 16.6 Å². The van der Waals surface area contributed by atoms with Crippen LogP contribution in [0.2, 0.25) is 10.4 Å². The van der Waals surface area contributed by atoms with Crippen molar-refractivity contribution < 1.29 is 10.2 Å². The van der Waals surface area contributed by atoms with Crippen molar-refractivity contribution in [2.24, 2.45) is 5.11 Å². The van der Waals surface area contributed by atoms with E-state index in [1.54, 1.807) is 0 Å². The molecule has 0 saturated heterocycles. The molecule has 10 heteroatoms. The number of aliphatic hydroxyl groups is 2. The molecule has 2 heterocycles. The molecule has 0 spiro atoms. The van der Waals surface area contributed by atoms with Crippen LogP contribution in [-0.4, -0.2) is 37.8 Å². The molecule has 0 bridgehead atoms. The summed E-state index contributed by atoms with van der Waals surface area (Å²) in [5.74, 6) is 0. The highest BCUT2D eigenvalue weighted by molar-refractivity contribution is 6.35. The molecule has 19 heavy (non-hydrogen) atoms. The SMILES string of the molecule is [N-]=[N+]=NCC(O)C(O)c1c[nH]c2nc(Cl)nc(Cl)c12. The third-order valence-corrected chi connectivity index (χ3v) is 2.95. The number of aromatic amines is 1. The number of fused-ring (bicyclic) bond motifs is 1. The van der Waals surface area contributed by atoms with Crippen LogP contribution in [-0.2, 0) is 0 Å². The topological polar surface area (TPSA) is 131 Å². The zero-order valence-corrected chi connectivity index (χ0v) is 10.8. The number of hydrogen-bond acceptors (Lipinski definition) is 5. The first-order valence-electron chi connectivity index (χ1n) is 5.11. The highest BCUT2D eigenvalue weighted by atomic mass is 35.5. The van der Waals surface area contributed by atoms with Gasteiger partial charge in [-0.15, -0.1) is 0 Å². The van der Waals surface area contributed by atoms with Gasteiger partial charge in [0.25, 0.3) is 0 Å². The molecule has 2 aromatic rings. The molecule has 2 atom stereocenters. The van der Waals surface area contributed by atoms with E-state index in [-0.39, 0.29) is 17.0 Å². The summed E-state index contributed by atoms with van der Waals surface area (Å²) in [5.41, 5.74) is 8.82. The minimum absolute atomic E-state index is 0.0324. The fourth-order valence-corrected chi connectivity index (χ4v) is 2.14. The summed E-state index contributed by atoms with van der Waals surface area (Å²) in [5, 5.41) is 23.3. The van der Waals surface area contributed by atoms with E-state index in [2.05, 4.69) is 25.0 Å². The minimum Gasteiger partial charge on any atom is -0.390 e. The molecule has 3 N–H and O–H groups in total. The maximum atomic E-state index is 10.00. The largest absolute Gasteiger partial charge is 0.390 e. The van der Waals surface area contributed by atoms with Gasteiger partial charge in [0.2, 0.25) is 5.28 Å². The average Bonchev–Trinajstić information content (AvgIpc) is 2.78. The molecular weight excluding hydrogens is 295 g/mol. The fourth-order valence-electron chi connectivity index (χ4n) is 1.65. The highest BCUT2D eigenvalue weighted by Crippen LogP contribution is 2.30. The van der Waals surface area contributed by atoms with Gasteiger partial charge in [-0.3, -0.25) is 0 Å². The minimum atomic E-state index is -1.29. The number of H-pyrrole nitrogens is 1. The van der Waals surface area contributed by atoms with Crippen LogP contribution in [0.3, 0.4) is 0 Å². The maximum Gasteiger partial charge on any atom is 0.225 e. The second kappa shape index (κ2) is 5.60. The van der Waals surface area contributed by atoms with E-state index in [1.807, 2.05) is 0 Å². The van der Waals surface area contributed by atoms with Gasteiger partial charge in [-0.1, -0.05) is 16.7 Å². The van der Waals surface area contributed by atoms with E-state index in [9.17, 15) is 10.2 Å². The fraction of sp³-hybridized carbons (Fsp3) is 0.333. The van der Waals surface area contributed by atoms with Crippen molar-refractivity contribution in [2.75, 3.05) is 6.54 Å². The Bertz CT molecular complexity index is 653. The summed E-state index contributed by atoms with van der Waals surface area (Å²) in [7, 11) is 0. The van der Waals surface area contributed by atoms with Gasteiger partial charge < -0.3 is 15.2 Å². The van der Waals surface area contributed by atoms with Crippen LogP contribution >= 0.6 is 23.2 Å². The number of aromatic nitrogens is 3. The van der Waals surface area contributed by atoms with Crippen molar-refractivity contribution in [3.8, 4) is 0 Å². The Morgan fingerprint density at radius 3 is 2.84 bits per heavy atom. The Hall–Kier alpha value is -1.57. The van der Waals surface area contributed by atoms with Gasteiger partial charge in [0.15, 0.2) is 0 Å². The number of nitrogens with one attached hydrogen (secondary N) is 1. The molecule has 0 aliphatic rings. The lowest BCUT2D eigenvalue weighted by Crippen LogP contribution is -2.21. The molecular formula is C9H8Cl2N6O2.